The van der Waals surface area contributed by atoms with Crippen molar-refractivity contribution in [2.45, 2.75) is 59.3 Å². The first-order chi connectivity index (χ1) is 61.1. The Morgan fingerprint density at radius 3 is 0.764 bits per heavy atom. The number of aliphatic hydroxyl groups is 12. The second-order valence-corrected chi connectivity index (χ2v) is 27.0. The zero-order chi connectivity index (χ0) is 93.9. The highest BCUT2D eigenvalue weighted by molar-refractivity contribution is 14.1. The predicted molar refractivity (Wildman–Crippen MR) is 492 cm³/mol. The van der Waals surface area contributed by atoms with Gasteiger partial charge in [0.05, 0.1) is 132 Å². The van der Waals surface area contributed by atoms with E-state index < -0.39 is 41.0 Å². The quantitative estimate of drug-likeness (QED) is 0.00323. The molecule has 0 spiro atoms. The lowest BCUT2D eigenvalue weighted by Gasteiger charge is -2.08. The van der Waals surface area contributed by atoms with Crippen molar-refractivity contribution in [3.05, 3.63) is 330 Å². The Morgan fingerprint density at radius 1 is 0.299 bits per heavy atom. The summed E-state index contributed by atoms with van der Waals surface area (Å²) in [5.41, 5.74) is 19.5. The van der Waals surface area contributed by atoms with Gasteiger partial charge in [0.25, 0.3) is 0 Å². The van der Waals surface area contributed by atoms with E-state index in [1.54, 1.807) is 184 Å². The molecule has 127 heavy (non-hydrogen) atoms. The number of allylic oxidation sites excluding steroid dienone is 11. The molecule has 0 aromatic heterocycles. The van der Waals surface area contributed by atoms with E-state index in [4.69, 9.17) is 43.6 Å². The van der Waals surface area contributed by atoms with Crippen molar-refractivity contribution in [1.82, 2.24) is 0 Å². The first-order valence-corrected chi connectivity index (χ1v) is 39.7. The van der Waals surface area contributed by atoms with Gasteiger partial charge in [-0.3, -0.25) is 33.6 Å². The molecule has 0 fully saturated rings. The highest BCUT2D eigenvalue weighted by Gasteiger charge is 2.18. The molecule has 8 aromatic rings. The Balaban J connectivity index is 0.000000348. The third-order valence-corrected chi connectivity index (χ3v) is 18.5. The minimum atomic E-state index is -0.771. The van der Waals surface area contributed by atoms with Crippen molar-refractivity contribution in [2.75, 3.05) is 61.3 Å². The van der Waals surface area contributed by atoms with E-state index in [1.165, 1.54) is 109 Å². The van der Waals surface area contributed by atoms with Crippen LogP contribution in [0.2, 0.25) is 0 Å². The van der Waals surface area contributed by atoms with Crippen LogP contribution >= 0.6 is 22.6 Å². The van der Waals surface area contributed by atoms with Gasteiger partial charge in [-0.1, -0.05) is 144 Å². The zero-order valence-corrected chi connectivity index (χ0v) is 73.1. The number of ether oxygens (including phenoxy) is 8. The molecule has 8 rings (SSSR count). The molecule has 0 bridgehead atoms. The maximum atomic E-state index is 12.7. The number of rotatable bonds is 40. The highest BCUT2D eigenvalue weighted by Crippen LogP contribution is 2.32. The molecule has 0 aliphatic rings. The third-order valence-electron chi connectivity index (χ3n) is 17.7. The molecule has 16 N–H and O–H groups in total. The number of aliphatic hydroxyl groups excluding tert-OH is 12. The molecule has 0 saturated carbocycles. The molecule has 0 heterocycles. The number of methoxy groups -OCH3 is 8. The van der Waals surface area contributed by atoms with E-state index in [9.17, 15) is 94.8 Å². The molecule has 0 aliphatic heterocycles. The second kappa shape index (κ2) is 57.4. The highest BCUT2D eigenvalue weighted by atomic mass is 127. The lowest BCUT2D eigenvalue weighted by Crippen LogP contribution is -2.15. The van der Waals surface area contributed by atoms with Gasteiger partial charge in [0.2, 0.25) is 11.8 Å². The monoisotopic (exact) mass is 1850 g/mol. The number of halogens is 1. The van der Waals surface area contributed by atoms with Gasteiger partial charge in [-0.25, -0.2) is 0 Å². The van der Waals surface area contributed by atoms with Crippen LogP contribution in [-0.4, -0.2) is 163 Å². The van der Waals surface area contributed by atoms with Gasteiger partial charge in [0.15, 0.2) is 74.9 Å². The Morgan fingerprint density at radius 2 is 0.528 bits per heavy atom. The van der Waals surface area contributed by atoms with Crippen molar-refractivity contribution >= 4 is 112 Å². The number of primary amides is 2. The van der Waals surface area contributed by atoms with Gasteiger partial charge in [-0.15, -0.1) is 0 Å². The fraction of sp³-hybridized carbons (Fsp3) is 0.186. The number of nitrogens with two attached hydrogens (primary N) is 2. The normalized spacial score (nSPS) is 11.8. The van der Waals surface area contributed by atoms with Gasteiger partial charge >= 0.3 is 0 Å². The summed E-state index contributed by atoms with van der Waals surface area (Å²) in [6.45, 7) is -1.65. The second-order valence-electron chi connectivity index (χ2n) is 26.2. The molecule has 0 unspecified atom stereocenters. The van der Waals surface area contributed by atoms with E-state index in [2.05, 4.69) is 5.73 Å². The van der Waals surface area contributed by atoms with Crippen LogP contribution in [0.15, 0.2) is 241 Å². The maximum absolute atomic E-state index is 12.7. The molecule has 8 aromatic carbocycles. The maximum Gasteiger partial charge on any atom is 0.227 e. The van der Waals surface area contributed by atoms with Crippen LogP contribution in [-0.2, 0) is 86.4 Å². The summed E-state index contributed by atoms with van der Waals surface area (Å²) in [4.78, 5) is 82.5. The molecule has 0 radical (unpaired) electrons. The molecule has 0 saturated heterocycles. The van der Waals surface area contributed by atoms with Gasteiger partial charge in [-0.05, 0) is 210 Å². The molecule has 29 nitrogen and oxygen atoms in total. The molecule has 2 amide bonds. The lowest BCUT2D eigenvalue weighted by atomic mass is 10.0. The van der Waals surface area contributed by atoms with Gasteiger partial charge in [-0.2, -0.15) is 0 Å². The summed E-state index contributed by atoms with van der Waals surface area (Å²) in [5.74, 6) is -0.199. The molecule has 670 valence electrons. The minimum absolute atomic E-state index is 0.161. The smallest absolute Gasteiger partial charge is 0.227 e. The van der Waals surface area contributed by atoms with Crippen LogP contribution in [0.5, 0.6) is 46.0 Å². The lowest BCUT2D eigenvalue weighted by molar-refractivity contribution is -0.119. The SMILES string of the molecule is COc1ccc(/C=C/C(=O)C(=CO)C(=O)/C=C/c2ccc(CO)c(CO)c2)cc1OC.COc1ccc(/C=C/C(=O)C(CC(N)=O)=C(O)/C=C/c2ccc(CO)c(CO)c2)cc1OC.COc1ccc(/C=C/C(=O)C=C(O)/C=C/c2ccc(CO)c(CO)c2)cc1OC.COc1ccc(/C=C/C(=O)C=C(O)/C=C/c2ccc(CO)c(CO)c2)cc1OC.NC(=O)CI. The largest absolute Gasteiger partial charge is 0.515 e. The fourth-order valence-corrected chi connectivity index (χ4v) is 11.0. The third kappa shape index (κ3) is 36.0. The molecule has 30 heteroatoms. The summed E-state index contributed by atoms with van der Waals surface area (Å²) >= 11 is 1.90. The van der Waals surface area contributed by atoms with Crippen molar-refractivity contribution in [3.8, 4) is 46.0 Å². The van der Waals surface area contributed by atoms with E-state index in [0.717, 1.165) is 40.5 Å². The van der Waals surface area contributed by atoms with E-state index in [0.29, 0.717) is 123 Å². The number of ketones is 5. The Kier molecular flexibility index (Phi) is 47.6. The molecule has 0 aliphatic carbocycles. The van der Waals surface area contributed by atoms with E-state index in [1.807, 2.05) is 22.6 Å². The standard InChI is InChI=1S/C25H27NO7.C24H24O7.2C23H24O6.C2H4INO/c1-32-23-10-6-17(12-24(23)33-2)5-9-22(30)20(13-25(26)31)21(29)8-4-16-3-7-18(14-27)19(11-16)15-28;1-30-23-10-6-17(12-24(23)31-2)5-9-22(29)20(15-27)21(28)8-4-16-3-7-18(13-25)19(11-16)14-26;2*1-28-22-10-6-17(12-23(22)29-2)5-9-21(27)13-20(26)8-4-16-3-7-18(14-24)19(11-16)15-25;3-1-2(4)5/h3-12,27-29H,13-15H2,1-2H3,(H2,26,31);3-12,15,25-27H,13-14H2,1-2H3;2*3-13,24-26H,14-15H2,1-2H3;1H2,(H2,4,5)/b8-4+,9-5+,21-20?;8-4+,9-5+,20-15?;2*8-4+,9-5+,20-13?;. The molecular formula is C97H103IN2O27. The summed E-state index contributed by atoms with van der Waals surface area (Å²) in [7, 11) is 12.2. The van der Waals surface area contributed by atoms with Crippen molar-refractivity contribution in [2.24, 2.45) is 11.5 Å². The topological polar surface area (TPSA) is 488 Å². The summed E-state index contributed by atoms with van der Waals surface area (Å²) in [5, 5.41) is 114. The number of alkyl halides is 1. The van der Waals surface area contributed by atoms with Crippen LogP contribution < -0.4 is 49.4 Å². The minimum Gasteiger partial charge on any atom is -0.515 e. The number of hydrogen-bond donors (Lipinski definition) is 14. The zero-order valence-electron chi connectivity index (χ0n) is 70.9. The van der Waals surface area contributed by atoms with E-state index >= 15 is 0 Å². The fourth-order valence-electron chi connectivity index (χ4n) is 11.0. The van der Waals surface area contributed by atoms with Crippen molar-refractivity contribution < 1.29 is 133 Å². The number of hydrogen-bond acceptors (Lipinski definition) is 27. The first-order valence-electron chi connectivity index (χ1n) is 38.2. The van der Waals surface area contributed by atoms with Crippen LogP contribution in [0.1, 0.15) is 95.4 Å². The average molecular weight is 1860 g/mol. The number of amides is 2. The first kappa shape index (κ1) is 105. The summed E-state index contributed by atoms with van der Waals surface area (Å²) in [6, 6.07) is 40.8. The van der Waals surface area contributed by atoms with Crippen LogP contribution in [0.3, 0.4) is 0 Å². The Labute approximate surface area is 748 Å². The molecule has 0 atom stereocenters. The predicted octanol–water partition coefficient (Wildman–Crippen LogP) is 12.4. The molecular weight excluding hydrogens is 1750 g/mol. The number of carbonyl (C=O) groups excluding carboxylic acids is 7. The number of carbonyl (C=O) groups is 7. The summed E-state index contributed by atoms with van der Waals surface area (Å²) < 4.78 is 42.0. The summed E-state index contributed by atoms with van der Waals surface area (Å²) in [6.07, 6.45) is 24.9. The van der Waals surface area contributed by atoms with E-state index in [-0.39, 0.29) is 87.4 Å². The van der Waals surface area contributed by atoms with Crippen LogP contribution in [0, 0.1) is 0 Å². The van der Waals surface area contributed by atoms with Gasteiger partial charge < -0.3 is 111 Å². The van der Waals surface area contributed by atoms with Crippen molar-refractivity contribution in [1.29, 1.82) is 0 Å². The van der Waals surface area contributed by atoms with Crippen LogP contribution in [0.25, 0.3) is 48.6 Å². The van der Waals surface area contributed by atoms with Crippen molar-refractivity contribution in [3.63, 3.8) is 0 Å². The Bertz CT molecular complexity index is 5230. The Hall–Kier alpha value is -14.1. The average Bonchev–Trinajstić information content (AvgIpc) is 0.541. The van der Waals surface area contributed by atoms with Gasteiger partial charge in [0.1, 0.15) is 22.9 Å². The van der Waals surface area contributed by atoms with Gasteiger partial charge in [0, 0.05) is 12.2 Å². The number of benzene rings is 8. The van der Waals surface area contributed by atoms with Crippen LogP contribution in [0.4, 0.5) is 0 Å².